The summed E-state index contributed by atoms with van der Waals surface area (Å²) in [7, 11) is 0. The van der Waals surface area contributed by atoms with E-state index in [1.54, 1.807) is 54.1 Å². The summed E-state index contributed by atoms with van der Waals surface area (Å²) in [6, 6.07) is 17.8. The number of hydrogen-bond donors (Lipinski definition) is 0. The van der Waals surface area contributed by atoms with Crippen molar-refractivity contribution in [2.45, 2.75) is 130 Å². The third-order valence-electron chi connectivity index (χ3n) is 14.4. The fourth-order valence-electron chi connectivity index (χ4n) is 11.5. The van der Waals surface area contributed by atoms with Crippen LogP contribution in [-0.4, -0.2) is 43.1 Å². The Bertz CT molecular complexity index is 1620. The molecule has 53 heavy (non-hydrogen) atoms. The minimum Gasteiger partial charge on any atom is -0.459 e. The van der Waals surface area contributed by atoms with E-state index in [-0.39, 0.29) is 18.1 Å². The van der Waals surface area contributed by atoms with Crippen molar-refractivity contribution in [1.29, 1.82) is 0 Å². The summed E-state index contributed by atoms with van der Waals surface area (Å²) >= 11 is 0. The highest BCUT2D eigenvalue weighted by Gasteiger charge is 2.59. The predicted octanol–water partition coefficient (Wildman–Crippen LogP) is 10.8. The highest BCUT2D eigenvalue weighted by atomic mass is 16.7. The molecule has 0 radical (unpaired) electrons. The van der Waals surface area contributed by atoms with Gasteiger partial charge in [-0.05, 0) is 134 Å². The summed E-state index contributed by atoms with van der Waals surface area (Å²) in [5, 5.41) is 0. The average Bonchev–Trinajstić information content (AvgIpc) is 3.52. The number of allylic oxidation sites excluding steroid dienone is 1. The molecule has 286 valence electrons. The second-order valence-corrected chi connectivity index (χ2v) is 17.9. The summed E-state index contributed by atoms with van der Waals surface area (Å²) in [5.74, 6) is 4.01. The fraction of sp³-hybridized carbons (Fsp3) is 0.617. The summed E-state index contributed by atoms with van der Waals surface area (Å²) in [4.78, 5) is 25.8. The van der Waals surface area contributed by atoms with Crippen LogP contribution in [0.3, 0.4) is 0 Å². The van der Waals surface area contributed by atoms with E-state index in [9.17, 15) is 9.59 Å². The molecule has 0 amide bonds. The third-order valence-corrected chi connectivity index (χ3v) is 14.4. The predicted molar refractivity (Wildman–Crippen MR) is 208 cm³/mol. The van der Waals surface area contributed by atoms with E-state index < -0.39 is 30.4 Å². The first-order valence-corrected chi connectivity index (χ1v) is 20.7. The molecule has 3 saturated carbocycles. The molecule has 0 spiro atoms. The third kappa shape index (κ3) is 8.10. The van der Waals surface area contributed by atoms with Crippen LogP contribution >= 0.6 is 0 Å². The average molecular weight is 723 g/mol. The molecule has 0 aromatic heterocycles. The molecular formula is C47H62O6. The number of carbonyl (C=O) groups excluding carboxylic acids is 2. The SMILES string of the molecule is CC(C)CCCC(C)[C@H]1CCC2C3CC=C4C[C@@H](OC5C=C[C@H](OC(=O)c6ccccc6)[C@@H](COC(=O)c6ccccc6)O5)CC[C@]4(C)C3CC[C@@]21C. The largest absolute Gasteiger partial charge is 0.459 e. The Balaban J connectivity index is 0.992. The van der Waals surface area contributed by atoms with Crippen molar-refractivity contribution in [3.63, 3.8) is 0 Å². The summed E-state index contributed by atoms with van der Waals surface area (Å²) in [6.45, 7) is 12.5. The van der Waals surface area contributed by atoms with E-state index in [0.29, 0.717) is 16.5 Å². The van der Waals surface area contributed by atoms with Crippen LogP contribution in [0.2, 0.25) is 0 Å². The minimum atomic E-state index is -0.728. The Morgan fingerprint density at radius 3 is 2.26 bits per heavy atom. The number of esters is 2. The molecule has 1 aliphatic heterocycles. The van der Waals surface area contributed by atoms with Crippen molar-refractivity contribution >= 4 is 11.9 Å². The van der Waals surface area contributed by atoms with Crippen molar-refractivity contribution in [3.8, 4) is 0 Å². The van der Waals surface area contributed by atoms with Gasteiger partial charge < -0.3 is 18.9 Å². The van der Waals surface area contributed by atoms with Crippen molar-refractivity contribution in [2.75, 3.05) is 6.61 Å². The van der Waals surface area contributed by atoms with E-state index in [0.717, 1.165) is 54.8 Å². The van der Waals surface area contributed by atoms with Gasteiger partial charge in [-0.2, -0.15) is 0 Å². The lowest BCUT2D eigenvalue weighted by Crippen LogP contribution is -2.51. The van der Waals surface area contributed by atoms with Crippen LogP contribution in [0.5, 0.6) is 0 Å². The van der Waals surface area contributed by atoms with Crippen molar-refractivity contribution in [2.24, 2.45) is 46.3 Å². The first kappa shape index (κ1) is 38.1. The number of hydrogen-bond acceptors (Lipinski definition) is 6. The number of fused-ring (bicyclic) bond motifs is 5. The van der Waals surface area contributed by atoms with Gasteiger partial charge in [-0.3, -0.25) is 0 Å². The smallest absolute Gasteiger partial charge is 0.338 e. The van der Waals surface area contributed by atoms with E-state index in [4.69, 9.17) is 18.9 Å². The summed E-state index contributed by atoms with van der Waals surface area (Å²) < 4.78 is 24.6. The van der Waals surface area contributed by atoms with Crippen molar-refractivity contribution in [3.05, 3.63) is 95.6 Å². The quantitative estimate of drug-likeness (QED) is 0.160. The van der Waals surface area contributed by atoms with Gasteiger partial charge in [0.15, 0.2) is 12.4 Å². The van der Waals surface area contributed by atoms with Gasteiger partial charge in [0, 0.05) is 0 Å². The van der Waals surface area contributed by atoms with Gasteiger partial charge in [0.1, 0.15) is 12.7 Å². The Labute approximate surface area is 318 Å². The monoisotopic (exact) mass is 722 g/mol. The lowest BCUT2D eigenvalue weighted by Gasteiger charge is -2.58. The minimum absolute atomic E-state index is 0.0351. The lowest BCUT2D eigenvalue weighted by molar-refractivity contribution is -0.204. The topological polar surface area (TPSA) is 71.1 Å². The Kier molecular flexibility index (Phi) is 11.7. The standard InChI is InChI=1S/C47H62O6/c1-31(2)13-12-14-32(3)38-21-22-39-37-20-19-35-29-36(25-27-46(35,4)40(37)26-28-47(38,39)5)51-43-24-23-41(53-45(49)34-17-10-7-11-18-34)42(52-43)30-50-44(48)33-15-8-6-9-16-33/h6-11,15-19,23-24,31-32,36-43H,12-14,20-22,25-30H2,1-5H3/t32?,36-,37?,38+,39?,40?,41-,42+,43?,46-,47+/m0/s1. The first-order chi connectivity index (χ1) is 25.5. The molecule has 2 aromatic rings. The second kappa shape index (κ2) is 16.3. The van der Waals surface area contributed by atoms with E-state index >= 15 is 0 Å². The molecule has 4 aliphatic carbocycles. The number of benzene rings is 2. The van der Waals surface area contributed by atoms with Crippen molar-refractivity contribution in [1.82, 2.24) is 0 Å². The van der Waals surface area contributed by atoms with Gasteiger partial charge in [-0.25, -0.2) is 9.59 Å². The maximum Gasteiger partial charge on any atom is 0.338 e. The zero-order valence-electron chi connectivity index (χ0n) is 32.7. The molecule has 1 heterocycles. The molecular weight excluding hydrogens is 661 g/mol. The zero-order chi connectivity index (χ0) is 37.2. The van der Waals surface area contributed by atoms with E-state index in [1.165, 1.54) is 51.4 Å². The molecule has 6 nitrogen and oxygen atoms in total. The van der Waals surface area contributed by atoms with Crippen LogP contribution in [0.15, 0.2) is 84.5 Å². The fourth-order valence-corrected chi connectivity index (χ4v) is 11.5. The molecule has 5 unspecified atom stereocenters. The van der Waals surface area contributed by atoms with Crippen LogP contribution in [0.1, 0.15) is 126 Å². The highest BCUT2D eigenvalue weighted by Crippen LogP contribution is 2.67. The Morgan fingerprint density at radius 1 is 0.830 bits per heavy atom. The molecule has 0 bridgehead atoms. The summed E-state index contributed by atoms with van der Waals surface area (Å²) in [5.41, 5.74) is 3.22. The van der Waals surface area contributed by atoms with Crippen LogP contribution < -0.4 is 0 Å². The normalized spacial score (nSPS) is 35.4. The molecule has 0 N–H and O–H groups in total. The molecule has 6 heteroatoms. The van der Waals surface area contributed by atoms with Crippen LogP contribution in [-0.2, 0) is 18.9 Å². The van der Waals surface area contributed by atoms with Gasteiger partial charge >= 0.3 is 11.9 Å². The maximum absolute atomic E-state index is 13.0. The number of carbonyl (C=O) groups is 2. The van der Waals surface area contributed by atoms with Gasteiger partial charge in [-0.1, -0.05) is 102 Å². The zero-order valence-corrected chi connectivity index (χ0v) is 32.7. The second-order valence-electron chi connectivity index (χ2n) is 17.9. The molecule has 5 aliphatic rings. The Hall–Kier alpha value is -3.22. The highest BCUT2D eigenvalue weighted by molar-refractivity contribution is 5.90. The lowest BCUT2D eigenvalue weighted by atomic mass is 9.47. The van der Waals surface area contributed by atoms with E-state index in [2.05, 4.69) is 40.7 Å². The molecule has 3 fully saturated rings. The first-order valence-electron chi connectivity index (χ1n) is 20.7. The molecule has 2 aromatic carbocycles. The molecule has 0 saturated heterocycles. The Morgan fingerprint density at radius 2 is 1.55 bits per heavy atom. The number of ether oxygens (including phenoxy) is 4. The van der Waals surface area contributed by atoms with Gasteiger partial charge in [0.05, 0.1) is 17.2 Å². The molecule has 7 rings (SSSR count). The van der Waals surface area contributed by atoms with Crippen LogP contribution in [0.25, 0.3) is 0 Å². The maximum atomic E-state index is 13.0. The van der Waals surface area contributed by atoms with E-state index in [1.807, 2.05) is 24.3 Å². The molecule has 11 atom stereocenters. The van der Waals surface area contributed by atoms with Crippen LogP contribution in [0, 0.1) is 46.3 Å². The van der Waals surface area contributed by atoms with Gasteiger partial charge in [0.2, 0.25) is 0 Å². The number of rotatable bonds is 12. The van der Waals surface area contributed by atoms with Gasteiger partial charge in [-0.15, -0.1) is 0 Å². The van der Waals surface area contributed by atoms with Crippen LogP contribution in [0.4, 0.5) is 0 Å². The van der Waals surface area contributed by atoms with Gasteiger partial charge in [0.25, 0.3) is 0 Å². The van der Waals surface area contributed by atoms with Crippen molar-refractivity contribution < 1.29 is 28.5 Å². The summed E-state index contributed by atoms with van der Waals surface area (Å²) in [6.07, 6.45) is 18.2.